The lowest BCUT2D eigenvalue weighted by atomic mass is 9.97. The van der Waals surface area contributed by atoms with Crippen molar-refractivity contribution in [3.05, 3.63) is 65.2 Å². The summed E-state index contributed by atoms with van der Waals surface area (Å²) in [5.74, 6) is -0.700. The van der Waals surface area contributed by atoms with Gasteiger partial charge in [-0.25, -0.2) is 4.79 Å². The van der Waals surface area contributed by atoms with Crippen LogP contribution in [0.3, 0.4) is 0 Å². The van der Waals surface area contributed by atoms with Crippen LogP contribution >= 0.6 is 0 Å². The second-order valence-corrected chi connectivity index (χ2v) is 11.8. The number of nitrogens with one attached hydrogen (secondary N) is 2. The van der Waals surface area contributed by atoms with E-state index in [0.29, 0.717) is 17.3 Å². The van der Waals surface area contributed by atoms with E-state index in [2.05, 4.69) is 24.5 Å². The summed E-state index contributed by atoms with van der Waals surface area (Å²) in [7, 11) is 0. The molecule has 0 radical (unpaired) electrons. The molecule has 0 spiro atoms. The predicted octanol–water partition coefficient (Wildman–Crippen LogP) is 6.82. The van der Waals surface area contributed by atoms with E-state index in [1.807, 2.05) is 24.3 Å². The lowest BCUT2D eigenvalue weighted by Crippen LogP contribution is -2.26. The molecule has 0 bridgehead atoms. The zero-order chi connectivity index (χ0) is 29.2. The SMILES string of the molecule is CC(C)Nc1ccc(COC(=O)Nc2ccc(C=C(COC(=O)C(C)(C)C)COC(=O)C(C)(C)C)cc2)cc1. The molecule has 2 aromatic rings. The Kier molecular flexibility index (Phi) is 11.1. The van der Waals surface area contributed by atoms with Gasteiger partial charge in [-0.3, -0.25) is 14.9 Å². The van der Waals surface area contributed by atoms with Crippen molar-refractivity contribution < 1.29 is 28.6 Å². The highest BCUT2D eigenvalue weighted by atomic mass is 16.6. The van der Waals surface area contributed by atoms with Gasteiger partial charge >= 0.3 is 18.0 Å². The summed E-state index contributed by atoms with van der Waals surface area (Å²) in [5.41, 5.74) is 2.57. The fourth-order valence-corrected chi connectivity index (χ4v) is 3.11. The number of hydrogen-bond acceptors (Lipinski definition) is 7. The molecule has 1 amide bonds. The van der Waals surface area contributed by atoms with E-state index in [4.69, 9.17) is 14.2 Å². The smallest absolute Gasteiger partial charge is 0.411 e. The van der Waals surface area contributed by atoms with Crippen LogP contribution in [-0.4, -0.2) is 37.3 Å². The second kappa shape index (κ2) is 13.8. The summed E-state index contributed by atoms with van der Waals surface area (Å²) >= 11 is 0. The van der Waals surface area contributed by atoms with Gasteiger partial charge in [0.1, 0.15) is 19.8 Å². The second-order valence-electron chi connectivity index (χ2n) is 11.8. The first kappa shape index (κ1) is 31.4. The number of hydrogen-bond donors (Lipinski definition) is 2. The average Bonchev–Trinajstić information content (AvgIpc) is 2.84. The molecule has 2 N–H and O–H groups in total. The molecule has 39 heavy (non-hydrogen) atoms. The number of carbonyl (C=O) groups is 3. The van der Waals surface area contributed by atoms with Crippen molar-refractivity contribution in [2.24, 2.45) is 10.8 Å². The fraction of sp³-hybridized carbons (Fsp3) is 0.452. The van der Waals surface area contributed by atoms with Gasteiger partial charge in [-0.2, -0.15) is 0 Å². The van der Waals surface area contributed by atoms with Crippen molar-refractivity contribution in [2.75, 3.05) is 23.8 Å². The molecule has 8 nitrogen and oxygen atoms in total. The highest BCUT2D eigenvalue weighted by Gasteiger charge is 2.25. The van der Waals surface area contributed by atoms with E-state index in [1.165, 1.54) is 0 Å². The van der Waals surface area contributed by atoms with Crippen LogP contribution in [-0.2, 0) is 30.4 Å². The van der Waals surface area contributed by atoms with Gasteiger partial charge in [0.2, 0.25) is 0 Å². The Morgan fingerprint density at radius 1 is 0.744 bits per heavy atom. The van der Waals surface area contributed by atoms with Crippen LogP contribution in [0.15, 0.2) is 54.1 Å². The average molecular weight is 539 g/mol. The van der Waals surface area contributed by atoms with Gasteiger partial charge in [0.05, 0.1) is 10.8 Å². The largest absolute Gasteiger partial charge is 0.461 e. The molecule has 0 aromatic heterocycles. The maximum Gasteiger partial charge on any atom is 0.411 e. The van der Waals surface area contributed by atoms with E-state index in [1.54, 1.807) is 71.9 Å². The molecule has 0 saturated heterocycles. The number of benzene rings is 2. The lowest BCUT2D eigenvalue weighted by Gasteiger charge is -2.20. The fourth-order valence-electron chi connectivity index (χ4n) is 3.11. The van der Waals surface area contributed by atoms with Crippen molar-refractivity contribution >= 4 is 35.5 Å². The third kappa shape index (κ3) is 11.6. The van der Waals surface area contributed by atoms with Gasteiger partial charge in [0, 0.05) is 23.0 Å². The minimum Gasteiger partial charge on any atom is -0.461 e. The Labute approximate surface area is 232 Å². The van der Waals surface area contributed by atoms with Gasteiger partial charge in [-0.1, -0.05) is 24.3 Å². The van der Waals surface area contributed by atoms with Crippen molar-refractivity contribution in [2.45, 2.75) is 68.0 Å². The first-order chi connectivity index (χ1) is 18.1. The minimum atomic E-state index is -0.649. The molecule has 8 heteroatoms. The normalized spacial score (nSPS) is 11.4. The standard InChI is InChI=1S/C31H42N2O6/c1-21(2)32-25-15-11-23(12-16-25)18-39-29(36)33-26-13-9-22(10-14-26)17-24(19-37-27(34)30(3,4)5)20-38-28(35)31(6,7)8/h9-17,21,32H,18-20H2,1-8H3,(H,33,36). The van der Waals surface area contributed by atoms with E-state index in [9.17, 15) is 14.4 Å². The van der Waals surface area contributed by atoms with Crippen molar-refractivity contribution in [3.63, 3.8) is 0 Å². The maximum absolute atomic E-state index is 12.3. The first-order valence-corrected chi connectivity index (χ1v) is 13.1. The molecule has 0 aliphatic rings. The zero-order valence-corrected chi connectivity index (χ0v) is 24.3. The van der Waals surface area contributed by atoms with E-state index in [0.717, 1.165) is 16.8 Å². The summed E-state index contributed by atoms with van der Waals surface area (Å²) in [6.07, 6.45) is 1.23. The number of rotatable bonds is 10. The highest BCUT2D eigenvalue weighted by Crippen LogP contribution is 2.20. The van der Waals surface area contributed by atoms with Crippen LogP contribution in [0.1, 0.15) is 66.5 Å². The minimum absolute atomic E-state index is 0.00559. The highest BCUT2D eigenvalue weighted by molar-refractivity contribution is 5.84. The van der Waals surface area contributed by atoms with Crippen LogP contribution in [0.25, 0.3) is 6.08 Å². The van der Waals surface area contributed by atoms with E-state index < -0.39 is 16.9 Å². The van der Waals surface area contributed by atoms with Crippen molar-refractivity contribution in [3.8, 4) is 0 Å². The third-order valence-corrected chi connectivity index (χ3v) is 5.31. The summed E-state index contributed by atoms with van der Waals surface area (Å²) in [4.78, 5) is 36.8. The molecular formula is C31H42N2O6. The molecular weight excluding hydrogens is 496 g/mol. The number of ether oxygens (including phenoxy) is 3. The van der Waals surface area contributed by atoms with Gasteiger partial charge in [-0.05, 0) is 96.9 Å². The predicted molar refractivity (Wildman–Crippen MR) is 154 cm³/mol. The Morgan fingerprint density at radius 2 is 1.23 bits per heavy atom. The first-order valence-electron chi connectivity index (χ1n) is 13.1. The maximum atomic E-state index is 12.3. The van der Waals surface area contributed by atoms with Gasteiger partial charge in [0.15, 0.2) is 0 Å². The molecule has 0 atom stereocenters. The van der Waals surface area contributed by atoms with E-state index >= 15 is 0 Å². The number of amides is 1. The lowest BCUT2D eigenvalue weighted by molar-refractivity contribution is -0.153. The molecule has 0 heterocycles. The zero-order valence-electron chi connectivity index (χ0n) is 24.3. The topological polar surface area (TPSA) is 103 Å². The number of anilines is 2. The number of carbonyl (C=O) groups excluding carboxylic acids is 3. The van der Waals surface area contributed by atoms with Gasteiger partial charge < -0.3 is 19.5 Å². The van der Waals surface area contributed by atoms with E-state index in [-0.39, 0.29) is 31.8 Å². The summed E-state index contributed by atoms with van der Waals surface area (Å²) in [6, 6.07) is 15.1. The Balaban J connectivity index is 1.99. The molecule has 0 unspecified atom stereocenters. The third-order valence-electron chi connectivity index (χ3n) is 5.31. The Morgan fingerprint density at radius 3 is 1.69 bits per heavy atom. The molecule has 0 aliphatic carbocycles. The van der Waals surface area contributed by atoms with Crippen LogP contribution in [0.5, 0.6) is 0 Å². The van der Waals surface area contributed by atoms with Crippen LogP contribution in [0, 0.1) is 10.8 Å². The molecule has 0 aliphatic heterocycles. The quantitative estimate of drug-likeness (QED) is 0.253. The molecule has 212 valence electrons. The number of esters is 2. The van der Waals surface area contributed by atoms with Gasteiger partial charge in [0.25, 0.3) is 0 Å². The van der Waals surface area contributed by atoms with Crippen LogP contribution in [0.4, 0.5) is 16.2 Å². The van der Waals surface area contributed by atoms with Crippen LogP contribution < -0.4 is 10.6 Å². The molecule has 2 rings (SSSR count). The summed E-state index contributed by atoms with van der Waals surface area (Å²) < 4.78 is 16.2. The van der Waals surface area contributed by atoms with Gasteiger partial charge in [-0.15, -0.1) is 0 Å². The van der Waals surface area contributed by atoms with Crippen molar-refractivity contribution in [1.82, 2.24) is 0 Å². The Hall–Kier alpha value is -3.81. The van der Waals surface area contributed by atoms with Crippen LogP contribution in [0.2, 0.25) is 0 Å². The molecule has 0 saturated carbocycles. The summed E-state index contributed by atoms with van der Waals surface area (Å²) in [5, 5.41) is 6.02. The van der Waals surface area contributed by atoms with Crippen molar-refractivity contribution in [1.29, 1.82) is 0 Å². The molecule has 2 aromatic carbocycles. The molecule has 0 fully saturated rings. The Bertz CT molecular complexity index is 1110. The monoisotopic (exact) mass is 538 g/mol. The summed E-state index contributed by atoms with van der Waals surface area (Å²) in [6.45, 7) is 14.9.